The van der Waals surface area contributed by atoms with Gasteiger partial charge in [0, 0.05) is 30.8 Å². The first-order chi connectivity index (χ1) is 14.7. The number of likely N-dealkylation sites (tertiary alicyclic amines) is 1. The van der Waals surface area contributed by atoms with E-state index in [1.165, 1.54) is 0 Å². The van der Waals surface area contributed by atoms with E-state index >= 15 is 0 Å². The lowest BCUT2D eigenvalue weighted by molar-refractivity contribution is -0.134. The third-order valence-corrected chi connectivity index (χ3v) is 5.38. The fourth-order valence-corrected chi connectivity index (χ4v) is 3.70. The van der Waals surface area contributed by atoms with Crippen molar-refractivity contribution in [3.05, 3.63) is 78.2 Å². The van der Waals surface area contributed by atoms with Crippen molar-refractivity contribution < 1.29 is 14.6 Å². The minimum atomic E-state index is -0.00717. The van der Waals surface area contributed by atoms with E-state index in [2.05, 4.69) is 4.98 Å². The van der Waals surface area contributed by atoms with Crippen LogP contribution in [0.25, 0.3) is 11.3 Å². The van der Waals surface area contributed by atoms with Gasteiger partial charge in [-0.3, -0.25) is 9.78 Å². The molecule has 0 bridgehead atoms. The normalized spacial score (nSPS) is 16.3. The van der Waals surface area contributed by atoms with Crippen molar-refractivity contribution in [2.45, 2.75) is 25.4 Å². The highest BCUT2D eigenvalue weighted by molar-refractivity contribution is 5.78. The quantitative estimate of drug-likeness (QED) is 0.683. The van der Waals surface area contributed by atoms with Crippen molar-refractivity contribution in [3.63, 3.8) is 0 Å². The second-order valence-electron chi connectivity index (χ2n) is 7.46. The molecule has 3 aromatic rings. The van der Waals surface area contributed by atoms with Gasteiger partial charge in [0.15, 0.2) is 6.61 Å². The van der Waals surface area contributed by atoms with Crippen LogP contribution in [0, 0.1) is 0 Å². The van der Waals surface area contributed by atoms with Crippen LogP contribution in [0.1, 0.15) is 30.0 Å². The number of nitrogens with zero attached hydrogens (tertiary/aromatic N) is 3. The highest BCUT2D eigenvalue weighted by Gasteiger charge is 2.26. The molecule has 1 atom stereocenters. The summed E-state index contributed by atoms with van der Waals surface area (Å²) in [5.74, 6) is 0.848. The van der Waals surface area contributed by atoms with Crippen LogP contribution in [0.2, 0.25) is 0 Å². The third-order valence-electron chi connectivity index (χ3n) is 5.38. The topological polar surface area (TPSA) is 75.5 Å². The average molecular weight is 403 g/mol. The molecule has 1 aliphatic rings. The molecule has 0 spiro atoms. The van der Waals surface area contributed by atoms with E-state index in [0.717, 1.165) is 41.9 Å². The second kappa shape index (κ2) is 9.50. The van der Waals surface area contributed by atoms with Crippen LogP contribution >= 0.6 is 0 Å². The fraction of sp³-hybridized carbons (Fsp3) is 0.292. The molecular formula is C24H25N3O3. The van der Waals surface area contributed by atoms with E-state index in [1.54, 1.807) is 12.4 Å². The van der Waals surface area contributed by atoms with Gasteiger partial charge in [-0.25, -0.2) is 4.98 Å². The summed E-state index contributed by atoms with van der Waals surface area (Å²) in [6.45, 7) is 1.42. The zero-order valence-corrected chi connectivity index (χ0v) is 16.8. The van der Waals surface area contributed by atoms with Gasteiger partial charge in [0.25, 0.3) is 5.91 Å². The lowest BCUT2D eigenvalue weighted by Gasteiger charge is -2.32. The Kier molecular flexibility index (Phi) is 6.35. The fourth-order valence-electron chi connectivity index (χ4n) is 3.70. The minimum Gasteiger partial charge on any atom is -0.484 e. The van der Waals surface area contributed by atoms with Gasteiger partial charge in [0.1, 0.15) is 5.75 Å². The van der Waals surface area contributed by atoms with E-state index in [0.29, 0.717) is 12.3 Å². The molecule has 154 valence electrons. The van der Waals surface area contributed by atoms with Gasteiger partial charge in [-0.2, -0.15) is 0 Å². The number of amides is 1. The molecule has 0 radical (unpaired) electrons. The summed E-state index contributed by atoms with van der Waals surface area (Å²) in [5, 5.41) is 9.22. The van der Waals surface area contributed by atoms with E-state index < -0.39 is 0 Å². The summed E-state index contributed by atoms with van der Waals surface area (Å²) >= 11 is 0. The molecule has 2 heterocycles. The van der Waals surface area contributed by atoms with Crippen LogP contribution in [0.5, 0.6) is 5.75 Å². The number of aliphatic hydroxyl groups excluding tert-OH is 1. The molecule has 0 saturated carbocycles. The highest BCUT2D eigenvalue weighted by atomic mass is 16.5. The molecular weight excluding hydrogens is 378 g/mol. The highest BCUT2D eigenvalue weighted by Crippen LogP contribution is 2.27. The largest absolute Gasteiger partial charge is 0.484 e. The Morgan fingerprint density at radius 1 is 1.10 bits per heavy atom. The number of carbonyl (C=O) groups is 1. The van der Waals surface area contributed by atoms with Crippen molar-refractivity contribution in [1.82, 2.24) is 14.9 Å². The van der Waals surface area contributed by atoms with Crippen molar-refractivity contribution in [2.24, 2.45) is 0 Å². The number of piperidine rings is 1. The summed E-state index contributed by atoms with van der Waals surface area (Å²) in [6, 6.07) is 17.0. The van der Waals surface area contributed by atoms with Crippen molar-refractivity contribution in [2.75, 3.05) is 19.7 Å². The molecule has 1 fully saturated rings. The number of benzene rings is 2. The Balaban J connectivity index is 1.42. The number of para-hydroxylation sites is 1. The van der Waals surface area contributed by atoms with Gasteiger partial charge in [0.2, 0.25) is 0 Å². The van der Waals surface area contributed by atoms with Gasteiger partial charge in [-0.1, -0.05) is 42.5 Å². The van der Waals surface area contributed by atoms with E-state index in [1.807, 2.05) is 59.5 Å². The Morgan fingerprint density at radius 3 is 2.67 bits per heavy atom. The number of rotatable bonds is 6. The Morgan fingerprint density at radius 2 is 1.90 bits per heavy atom. The van der Waals surface area contributed by atoms with Gasteiger partial charge >= 0.3 is 0 Å². The van der Waals surface area contributed by atoms with Crippen molar-refractivity contribution in [3.8, 4) is 17.0 Å². The maximum atomic E-state index is 12.6. The first-order valence-corrected chi connectivity index (χ1v) is 10.2. The Bertz CT molecular complexity index is 977. The number of hydrogen-bond donors (Lipinski definition) is 1. The SMILES string of the molecule is O=C(COc1ccccc1)N1CCCC(c2cncc(-c3ccc(CO)cc3)n2)C1. The summed E-state index contributed by atoms with van der Waals surface area (Å²) in [7, 11) is 0. The molecule has 0 aliphatic carbocycles. The second-order valence-corrected chi connectivity index (χ2v) is 7.46. The van der Waals surface area contributed by atoms with E-state index in [4.69, 9.17) is 9.72 Å². The van der Waals surface area contributed by atoms with Gasteiger partial charge in [-0.05, 0) is 30.5 Å². The first kappa shape index (κ1) is 20.0. The predicted octanol–water partition coefficient (Wildman–Crippen LogP) is 3.42. The van der Waals surface area contributed by atoms with Crippen molar-refractivity contribution >= 4 is 5.91 Å². The molecule has 1 aromatic heterocycles. The molecule has 1 N–H and O–H groups in total. The number of aliphatic hydroxyl groups is 1. The number of hydrogen-bond acceptors (Lipinski definition) is 5. The van der Waals surface area contributed by atoms with Crippen LogP contribution < -0.4 is 4.74 Å². The van der Waals surface area contributed by atoms with Crippen molar-refractivity contribution in [1.29, 1.82) is 0 Å². The van der Waals surface area contributed by atoms with E-state index in [-0.39, 0.29) is 25.0 Å². The lowest BCUT2D eigenvalue weighted by atomic mass is 9.94. The Hall–Kier alpha value is -3.25. The minimum absolute atomic E-state index is 0.00717. The van der Waals surface area contributed by atoms with Crippen LogP contribution in [0.4, 0.5) is 0 Å². The van der Waals surface area contributed by atoms with Crippen LogP contribution in [0.15, 0.2) is 67.0 Å². The molecule has 6 nitrogen and oxygen atoms in total. The predicted molar refractivity (Wildman–Crippen MR) is 114 cm³/mol. The van der Waals surface area contributed by atoms with Crippen LogP contribution in [0.3, 0.4) is 0 Å². The molecule has 30 heavy (non-hydrogen) atoms. The molecule has 1 amide bonds. The average Bonchev–Trinajstić information content (AvgIpc) is 2.83. The van der Waals surface area contributed by atoms with Gasteiger partial charge in [-0.15, -0.1) is 0 Å². The summed E-state index contributed by atoms with van der Waals surface area (Å²) in [5.41, 5.74) is 3.52. The monoisotopic (exact) mass is 403 g/mol. The van der Waals surface area contributed by atoms with Crippen LogP contribution in [-0.4, -0.2) is 45.6 Å². The maximum Gasteiger partial charge on any atom is 0.260 e. The molecule has 1 saturated heterocycles. The number of carbonyl (C=O) groups excluding carboxylic acids is 1. The summed E-state index contributed by atoms with van der Waals surface area (Å²) in [4.78, 5) is 23.7. The maximum absolute atomic E-state index is 12.6. The zero-order chi connectivity index (χ0) is 20.8. The zero-order valence-electron chi connectivity index (χ0n) is 16.8. The van der Waals surface area contributed by atoms with E-state index in [9.17, 15) is 9.90 Å². The standard InChI is InChI=1S/C24H25N3O3/c28-16-18-8-10-19(11-9-18)22-13-25-14-23(26-22)20-5-4-12-27(15-20)24(29)17-30-21-6-2-1-3-7-21/h1-3,6-11,13-14,20,28H,4-5,12,15-17H2. The molecule has 2 aromatic carbocycles. The molecule has 4 rings (SSSR count). The Labute approximate surface area is 176 Å². The van der Waals surface area contributed by atoms with Crippen LogP contribution in [-0.2, 0) is 11.4 Å². The van der Waals surface area contributed by atoms with Gasteiger partial charge < -0.3 is 14.7 Å². The molecule has 6 heteroatoms. The third kappa shape index (κ3) is 4.83. The van der Waals surface area contributed by atoms with Gasteiger partial charge in [0.05, 0.1) is 24.2 Å². The molecule has 1 aliphatic heterocycles. The summed E-state index contributed by atoms with van der Waals surface area (Å²) < 4.78 is 5.62. The lowest BCUT2D eigenvalue weighted by Crippen LogP contribution is -2.41. The number of aromatic nitrogens is 2. The molecule has 1 unspecified atom stereocenters. The smallest absolute Gasteiger partial charge is 0.260 e. The number of ether oxygens (including phenoxy) is 1. The first-order valence-electron chi connectivity index (χ1n) is 10.2. The summed E-state index contributed by atoms with van der Waals surface area (Å²) in [6.07, 6.45) is 5.45.